The van der Waals surface area contributed by atoms with Crippen molar-refractivity contribution in [3.8, 4) is 0 Å². The van der Waals surface area contributed by atoms with Crippen molar-refractivity contribution in [2.24, 2.45) is 0 Å². The largest absolute Gasteiger partial charge is 0.480 e. The number of hydrogen-bond donors (Lipinski definition) is 1. The lowest BCUT2D eigenvalue weighted by molar-refractivity contribution is -0.136. The standard InChI is InChI=1S/C7H13BrO2.H3P/c1-2-3-4-5-6(8)7(9)10;/h6H,2-5H2,1H3,(H,9,10);1H3. The Morgan fingerprint density at radius 2 is 2.09 bits per heavy atom. The molecule has 0 aliphatic heterocycles. The van der Waals surface area contributed by atoms with Crippen LogP contribution in [-0.4, -0.2) is 15.9 Å². The van der Waals surface area contributed by atoms with Gasteiger partial charge in [-0.25, -0.2) is 0 Å². The predicted molar refractivity (Wildman–Crippen MR) is 55.6 cm³/mol. The summed E-state index contributed by atoms with van der Waals surface area (Å²) < 4.78 is 0. The van der Waals surface area contributed by atoms with Gasteiger partial charge in [0, 0.05) is 0 Å². The molecule has 2 nitrogen and oxygen atoms in total. The lowest BCUT2D eigenvalue weighted by Gasteiger charge is -2.01. The molecular weight excluding hydrogens is 227 g/mol. The summed E-state index contributed by atoms with van der Waals surface area (Å²) in [4.78, 5) is 9.90. The molecule has 2 atom stereocenters. The molecule has 0 radical (unpaired) electrons. The highest BCUT2D eigenvalue weighted by atomic mass is 79.9. The van der Waals surface area contributed by atoms with Crippen LogP contribution in [0.5, 0.6) is 0 Å². The Hall–Kier alpha value is 0.380. The van der Waals surface area contributed by atoms with Crippen molar-refractivity contribution in [2.75, 3.05) is 0 Å². The van der Waals surface area contributed by atoms with E-state index in [-0.39, 0.29) is 14.7 Å². The Labute approximate surface area is 79.5 Å². The van der Waals surface area contributed by atoms with Crippen LogP contribution in [0.1, 0.15) is 32.6 Å². The quantitative estimate of drug-likeness (QED) is 0.457. The minimum absolute atomic E-state index is 0. The van der Waals surface area contributed by atoms with Crippen LogP contribution in [0.3, 0.4) is 0 Å². The number of halogens is 1. The average molecular weight is 243 g/mol. The summed E-state index contributed by atoms with van der Waals surface area (Å²) in [6.45, 7) is 2.10. The predicted octanol–water partition coefficient (Wildman–Crippen LogP) is 2.47. The van der Waals surface area contributed by atoms with Crippen molar-refractivity contribution < 1.29 is 9.90 Å². The minimum Gasteiger partial charge on any atom is -0.480 e. The van der Waals surface area contributed by atoms with Gasteiger partial charge in [-0.2, -0.15) is 9.90 Å². The van der Waals surface area contributed by atoms with Gasteiger partial charge in [-0.1, -0.05) is 42.1 Å². The molecule has 0 heterocycles. The summed E-state index contributed by atoms with van der Waals surface area (Å²) in [5.41, 5.74) is 0. The number of carboxylic acid groups (broad SMARTS) is 1. The van der Waals surface area contributed by atoms with Crippen LogP contribution in [0.15, 0.2) is 0 Å². The Morgan fingerprint density at radius 1 is 1.55 bits per heavy atom. The molecule has 0 aliphatic rings. The van der Waals surface area contributed by atoms with Gasteiger partial charge < -0.3 is 5.11 Å². The van der Waals surface area contributed by atoms with Crippen LogP contribution < -0.4 is 0 Å². The summed E-state index contributed by atoms with van der Waals surface area (Å²) in [7, 11) is 0. The van der Waals surface area contributed by atoms with E-state index in [1.54, 1.807) is 0 Å². The zero-order chi connectivity index (χ0) is 7.98. The Kier molecular flexibility index (Phi) is 10.7. The topological polar surface area (TPSA) is 37.3 Å². The number of alkyl halides is 1. The number of rotatable bonds is 5. The first-order chi connectivity index (χ1) is 4.68. The maximum Gasteiger partial charge on any atom is 0.317 e. The van der Waals surface area contributed by atoms with Crippen molar-refractivity contribution >= 4 is 31.8 Å². The third-order valence-electron chi connectivity index (χ3n) is 1.33. The van der Waals surface area contributed by atoms with E-state index in [1.165, 1.54) is 0 Å². The molecule has 2 unspecified atom stereocenters. The molecule has 0 aromatic carbocycles. The first-order valence-electron chi connectivity index (χ1n) is 3.55. The fourth-order valence-corrected chi connectivity index (χ4v) is 1.02. The highest BCUT2D eigenvalue weighted by Gasteiger charge is 2.10. The Morgan fingerprint density at radius 3 is 2.45 bits per heavy atom. The molecule has 4 heteroatoms. The molecule has 0 aliphatic carbocycles. The van der Waals surface area contributed by atoms with Crippen LogP contribution >= 0.6 is 25.8 Å². The van der Waals surface area contributed by atoms with Gasteiger partial charge in [-0.3, -0.25) is 4.79 Å². The summed E-state index contributed by atoms with van der Waals surface area (Å²) in [5, 5.41) is 8.43. The summed E-state index contributed by atoms with van der Waals surface area (Å²) >= 11 is 3.07. The van der Waals surface area contributed by atoms with Crippen molar-refractivity contribution in [1.82, 2.24) is 0 Å². The number of hydrogen-bond acceptors (Lipinski definition) is 1. The van der Waals surface area contributed by atoms with Gasteiger partial charge in [-0.15, -0.1) is 0 Å². The lowest BCUT2D eigenvalue weighted by atomic mass is 10.2. The van der Waals surface area contributed by atoms with Crippen LogP contribution in [0.2, 0.25) is 0 Å². The number of carboxylic acids is 1. The van der Waals surface area contributed by atoms with Crippen molar-refractivity contribution in [2.45, 2.75) is 37.4 Å². The monoisotopic (exact) mass is 242 g/mol. The smallest absolute Gasteiger partial charge is 0.317 e. The normalized spacial score (nSPS) is 11.8. The highest BCUT2D eigenvalue weighted by Crippen LogP contribution is 2.10. The van der Waals surface area contributed by atoms with E-state index in [0.29, 0.717) is 0 Å². The van der Waals surface area contributed by atoms with Crippen molar-refractivity contribution in [3.63, 3.8) is 0 Å². The van der Waals surface area contributed by atoms with Gasteiger partial charge in [0.2, 0.25) is 0 Å². The van der Waals surface area contributed by atoms with Gasteiger partial charge >= 0.3 is 5.97 Å². The van der Waals surface area contributed by atoms with Crippen LogP contribution in [0, 0.1) is 0 Å². The molecule has 11 heavy (non-hydrogen) atoms. The lowest BCUT2D eigenvalue weighted by Crippen LogP contribution is -2.11. The number of carbonyl (C=O) groups is 1. The molecule has 68 valence electrons. The number of aliphatic carboxylic acids is 1. The third-order valence-corrected chi connectivity index (χ3v) is 2.18. The van der Waals surface area contributed by atoms with Crippen LogP contribution in [0.4, 0.5) is 0 Å². The maximum atomic E-state index is 10.2. The maximum absolute atomic E-state index is 10.2. The SMILES string of the molecule is CCCCCC(Br)C(=O)O.P. The van der Waals surface area contributed by atoms with Gasteiger partial charge in [0.1, 0.15) is 4.83 Å². The van der Waals surface area contributed by atoms with E-state index in [4.69, 9.17) is 5.11 Å². The molecule has 1 N–H and O–H groups in total. The molecule has 0 spiro atoms. The second kappa shape index (κ2) is 8.48. The van der Waals surface area contributed by atoms with E-state index < -0.39 is 5.97 Å². The van der Waals surface area contributed by atoms with E-state index in [1.807, 2.05) is 0 Å². The molecule has 0 aromatic rings. The molecule has 0 saturated heterocycles. The van der Waals surface area contributed by atoms with Gasteiger partial charge in [0.05, 0.1) is 0 Å². The Bertz CT molecular complexity index is 109. The molecule has 0 fully saturated rings. The van der Waals surface area contributed by atoms with Gasteiger partial charge in [0.25, 0.3) is 0 Å². The zero-order valence-electron chi connectivity index (χ0n) is 6.85. The van der Waals surface area contributed by atoms with E-state index in [9.17, 15) is 4.79 Å². The van der Waals surface area contributed by atoms with Crippen molar-refractivity contribution in [1.29, 1.82) is 0 Å². The molecule has 0 aromatic heterocycles. The summed E-state index contributed by atoms with van der Waals surface area (Å²) in [6.07, 6.45) is 4.00. The average Bonchev–Trinajstić information content (AvgIpc) is 1.88. The summed E-state index contributed by atoms with van der Waals surface area (Å²) in [5.74, 6) is -0.754. The fourth-order valence-electron chi connectivity index (χ4n) is 0.697. The fraction of sp³-hybridized carbons (Fsp3) is 0.857. The first kappa shape index (κ1) is 13.9. The highest BCUT2D eigenvalue weighted by molar-refractivity contribution is 9.10. The molecule has 0 rings (SSSR count). The minimum atomic E-state index is -0.754. The molecule has 0 amide bonds. The first-order valence-corrected chi connectivity index (χ1v) is 4.47. The zero-order valence-corrected chi connectivity index (χ0v) is 9.85. The Balaban J connectivity index is 0. The molecule has 0 bridgehead atoms. The van der Waals surface area contributed by atoms with Crippen LogP contribution in [0.25, 0.3) is 0 Å². The van der Waals surface area contributed by atoms with Gasteiger partial charge in [-0.05, 0) is 6.42 Å². The molecular formula is C7H16BrO2P. The third kappa shape index (κ3) is 8.28. The van der Waals surface area contributed by atoms with E-state index in [2.05, 4.69) is 22.9 Å². The van der Waals surface area contributed by atoms with Gasteiger partial charge in [0.15, 0.2) is 0 Å². The van der Waals surface area contributed by atoms with Crippen molar-refractivity contribution in [3.05, 3.63) is 0 Å². The second-order valence-electron chi connectivity index (χ2n) is 2.30. The number of unbranched alkanes of at least 4 members (excludes halogenated alkanes) is 2. The van der Waals surface area contributed by atoms with E-state index >= 15 is 0 Å². The summed E-state index contributed by atoms with van der Waals surface area (Å²) in [6, 6.07) is 0. The van der Waals surface area contributed by atoms with Crippen LogP contribution in [-0.2, 0) is 4.79 Å². The van der Waals surface area contributed by atoms with E-state index in [0.717, 1.165) is 25.7 Å². The second-order valence-corrected chi connectivity index (χ2v) is 3.41. The molecule has 0 saturated carbocycles.